The van der Waals surface area contributed by atoms with E-state index in [1.165, 1.54) is 0 Å². The number of anilines is 1. The Kier molecular flexibility index (Phi) is 3.02. The first kappa shape index (κ1) is 10.2. The summed E-state index contributed by atoms with van der Waals surface area (Å²) in [6.45, 7) is 0. The molecule has 1 heterocycles. The molecule has 6 heteroatoms. The minimum atomic E-state index is -2.78. The maximum absolute atomic E-state index is 12.2. The molecule has 72 valence electrons. The van der Waals surface area contributed by atoms with E-state index in [9.17, 15) is 13.6 Å². The van der Waals surface area contributed by atoms with Crippen LogP contribution in [0.4, 0.5) is 14.6 Å². The summed E-state index contributed by atoms with van der Waals surface area (Å²) < 4.78 is 24.4. The van der Waals surface area contributed by atoms with Crippen molar-refractivity contribution in [3.8, 4) is 0 Å². The quantitative estimate of drug-likeness (QED) is 0.789. The van der Waals surface area contributed by atoms with Crippen molar-refractivity contribution in [1.29, 1.82) is 0 Å². The normalized spacial score (nSPS) is 10.8. The number of H-pyrrole nitrogens is 1. The number of aromatic amines is 1. The van der Waals surface area contributed by atoms with Crippen LogP contribution in [0.15, 0.2) is 11.0 Å². The highest BCUT2D eigenvalue weighted by Gasteiger charge is 2.15. The molecule has 0 saturated carbocycles. The molecule has 0 aliphatic heterocycles. The summed E-state index contributed by atoms with van der Waals surface area (Å²) in [5.41, 5.74) is 4.25. The van der Waals surface area contributed by atoms with E-state index in [-0.39, 0.29) is 16.7 Å². The predicted molar refractivity (Wildman–Crippen MR) is 49.1 cm³/mol. The fraction of sp³-hybridized carbons (Fsp3) is 0.286. The average Bonchev–Trinajstić information content (AvgIpc) is 2.04. The van der Waals surface area contributed by atoms with Crippen LogP contribution in [0.2, 0.25) is 0 Å². The molecule has 3 nitrogen and oxygen atoms in total. The molecule has 0 bridgehead atoms. The SMILES string of the molecule is Nc1[nH]cc(C(F)F)c(=O)c1CBr. The van der Waals surface area contributed by atoms with Crippen molar-refractivity contribution >= 4 is 21.7 Å². The van der Waals surface area contributed by atoms with Gasteiger partial charge in [0.1, 0.15) is 5.82 Å². The number of hydrogen-bond acceptors (Lipinski definition) is 2. The zero-order valence-corrected chi connectivity index (χ0v) is 8.07. The molecule has 0 saturated heterocycles. The number of nitrogens with two attached hydrogens (primary N) is 1. The van der Waals surface area contributed by atoms with Crippen LogP contribution >= 0.6 is 15.9 Å². The Bertz CT molecular complexity index is 364. The molecule has 0 amide bonds. The standard InChI is InChI=1S/C7H7BrF2N2O/c8-1-3-5(13)4(6(9)10)2-12-7(3)11/h2,6H,1H2,(H3,11,12,13). The van der Waals surface area contributed by atoms with Gasteiger partial charge in [-0.1, -0.05) is 15.9 Å². The molecule has 0 aliphatic rings. The molecule has 3 N–H and O–H groups in total. The zero-order chi connectivity index (χ0) is 10.0. The van der Waals surface area contributed by atoms with Gasteiger partial charge in [0.05, 0.1) is 11.1 Å². The number of halogens is 3. The number of nitrogens with one attached hydrogen (secondary N) is 1. The van der Waals surface area contributed by atoms with E-state index < -0.39 is 17.4 Å². The van der Waals surface area contributed by atoms with Gasteiger partial charge in [0.25, 0.3) is 6.43 Å². The van der Waals surface area contributed by atoms with Crippen molar-refractivity contribution in [2.45, 2.75) is 11.8 Å². The number of pyridine rings is 1. The second-order valence-electron chi connectivity index (χ2n) is 2.40. The number of aromatic nitrogens is 1. The van der Waals surface area contributed by atoms with Gasteiger partial charge in [0, 0.05) is 11.5 Å². The monoisotopic (exact) mass is 252 g/mol. The Balaban J connectivity index is 3.37. The van der Waals surface area contributed by atoms with Crippen LogP contribution in [0.3, 0.4) is 0 Å². The molecule has 0 aliphatic carbocycles. The van der Waals surface area contributed by atoms with Crippen molar-refractivity contribution in [2.75, 3.05) is 5.73 Å². The molecule has 0 unspecified atom stereocenters. The van der Waals surface area contributed by atoms with Gasteiger partial charge < -0.3 is 10.7 Å². The van der Waals surface area contributed by atoms with E-state index in [1.807, 2.05) is 0 Å². The lowest BCUT2D eigenvalue weighted by molar-refractivity contribution is 0.149. The van der Waals surface area contributed by atoms with Gasteiger partial charge in [-0.05, 0) is 0 Å². The van der Waals surface area contributed by atoms with Crippen LogP contribution in [0, 0.1) is 0 Å². The topological polar surface area (TPSA) is 58.9 Å². The molecule has 0 radical (unpaired) electrons. The minimum absolute atomic E-state index is 0.117. The fourth-order valence-electron chi connectivity index (χ4n) is 0.899. The number of hydrogen-bond donors (Lipinski definition) is 2. The molecule has 13 heavy (non-hydrogen) atoms. The van der Waals surface area contributed by atoms with Crippen LogP contribution in [-0.2, 0) is 5.33 Å². The van der Waals surface area contributed by atoms with Gasteiger partial charge in [0.15, 0.2) is 5.43 Å². The van der Waals surface area contributed by atoms with Crippen molar-refractivity contribution < 1.29 is 8.78 Å². The lowest BCUT2D eigenvalue weighted by atomic mass is 10.2. The molecule has 0 aromatic carbocycles. The van der Waals surface area contributed by atoms with Gasteiger partial charge in [-0.3, -0.25) is 4.79 Å². The fourth-order valence-corrected chi connectivity index (χ4v) is 1.46. The summed E-state index contributed by atoms with van der Waals surface area (Å²) >= 11 is 3.00. The Labute approximate surface area is 81.1 Å². The second kappa shape index (κ2) is 3.87. The molecule has 1 rings (SSSR count). The van der Waals surface area contributed by atoms with Crippen LogP contribution in [0.1, 0.15) is 17.6 Å². The average molecular weight is 253 g/mol. The van der Waals surface area contributed by atoms with Crippen LogP contribution in [0.5, 0.6) is 0 Å². The van der Waals surface area contributed by atoms with Gasteiger partial charge in [0.2, 0.25) is 0 Å². The Morgan fingerprint density at radius 1 is 1.62 bits per heavy atom. The Hall–Kier alpha value is -0.910. The number of alkyl halides is 3. The largest absolute Gasteiger partial charge is 0.385 e. The molecule has 0 spiro atoms. The highest BCUT2D eigenvalue weighted by Crippen LogP contribution is 2.17. The van der Waals surface area contributed by atoms with E-state index in [4.69, 9.17) is 5.73 Å². The Morgan fingerprint density at radius 3 is 2.69 bits per heavy atom. The van der Waals surface area contributed by atoms with Gasteiger partial charge in [-0.2, -0.15) is 0 Å². The van der Waals surface area contributed by atoms with Crippen molar-refractivity contribution in [3.63, 3.8) is 0 Å². The first-order valence-corrected chi connectivity index (χ1v) is 4.54. The lowest BCUT2D eigenvalue weighted by Gasteiger charge is -2.04. The summed E-state index contributed by atoms with van der Waals surface area (Å²) in [7, 11) is 0. The Morgan fingerprint density at radius 2 is 2.23 bits per heavy atom. The van der Waals surface area contributed by atoms with E-state index in [2.05, 4.69) is 20.9 Å². The third-order valence-corrected chi connectivity index (χ3v) is 2.17. The molecule has 0 fully saturated rings. The molecule has 0 atom stereocenters. The maximum atomic E-state index is 12.2. The van der Waals surface area contributed by atoms with E-state index in [0.717, 1.165) is 6.20 Å². The highest BCUT2D eigenvalue weighted by molar-refractivity contribution is 9.08. The number of rotatable bonds is 2. The summed E-state index contributed by atoms with van der Waals surface area (Å²) in [5, 5.41) is 0.161. The smallest absolute Gasteiger partial charge is 0.269 e. The van der Waals surface area contributed by atoms with Crippen LogP contribution in [0.25, 0.3) is 0 Å². The van der Waals surface area contributed by atoms with Crippen molar-refractivity contribution in [3.05, 3.63) is 27.5 Å². The molecular formula is C7H7BrF2N2O. The number of nitrogen functional groups attached to an aromatic ring is 1. The first-order chi connectivity index (χ1) is 6.07. The van der Waals surface area contributed by atoms with E-state index >= 15 is 0 Å². The lowest BCUT2D eigenvalue weighted by Crippen LogP contribution is -2.17. The molecule has 1 aromatic heterocycles. The first-order valence-electron chi connectivity index (χ1n) is 3.42. The minimum Gasteiger partial charge on any atom is -0.385 e. The second-order valence-corrected chi connectivity index (χ2v) is 2.96. The molecule has 1 aromatic rings. The highest BCUT2D eigenvalue weighted by atomic mass is 79.9. The summed E-state index contributed by atoms with van der Waals surface area (Å²) in [6.07, 6.45) is -1.84. The van der Waals surface area contributed by atoms with Gasteiger partial charge in [-0.15, -0.1) is 0 Å². The van der Waals surface area contributed by atoms with Crippen LogP contribution in [-0.4, -0.2) is 4.98 Å². The summed E-state index contributed by atoms with van der Waals surface area (Å²) in [6, 6.07) is 0. The molecular weight excluding hydrogens is 246 g/mol. The zero-order valence-electron chi connectivity index (χ0n) is 6.48. The maximum Gasteiger partial charge on any atom is 0.269 e. The van der Waals surface area contributed by atoms with Gasteiger partial charge >= 0.3 is 0 Å². The van der Waals surface area contributed by atoms with Crippen molar-refractivity contribution in [1.82, 2.24) is 4.98 Å². The van der Waals surface area contributed by atoms with Crippen molar-refractivity contribution in [2.24, 2.45) is 0 Å². The predicted octanol–water partition coefficient (Wildman–Crippen LogP) is 1.79. The summed E-state index contributed by atoms with van der Waals surface area (Å²) in [4.78, 5) is 13.7. The van der Waals surface area contributed by atoms with E-state index in [0.29, 0.717) is 0 Å². The third-order valence-electron chi connectivity index (χ3n) is 1.61. The van der Waals surface area contributed by atoms with Gasteiger partial charge in [-0.25, -0.2) is 8.78 Å². The summed E-state index contributed by atoms with van der Waals surface area (Å²) in [5.74, 6) is 0.117. The third kappa shape index (κ3) is 1.88. The van der Waals surface area contributed by atoms with E-state index in [1.54, 1.807) is 0 Å². The van der Waals surface area contributed by atoms with Crippen LogP contribution < -0.4 is 11.2 Å².